The van der Waals surface area contributed by atoms with Gasteiger partial charge in [0.25, 0.3) is 0 Å². The first-order valence-electron chi connectivity index (χ1n) is 6.77. The van der Waals surface area contributed by atoms with Crippen LogP contribution in [-0.4, -0.2) is 0 Å². The quantitative estimate of drug-likeness (QED) is 0.631. The van der Waals surface area contributed by atoms with Crippen molar-refractivity contribution in [1.29, 1.82) is 0 Å². The minimum atomic E-state index is -0.176. The second-order valence-electron chi connectivity index (χ2n) is 5.11. The highest BCUT2D eigenvalue weighted by Crippen LogP contribution is 2.33. The number of nitrogens with two attached hydrogens (primary N) is 1. The van der Waals surface area contributed by atoms with Crippen LogP contribution in [0, 0.1) is 6.92 Å². The first-order valence-corrected chi connectivity index (χ1v) is 7.94. The molecule has 0 saturated heterocycles. The molecule has 0 aliphatic carbocycles. The number of rotatable bonds is 2. The molecule has 0 spiro atoms. The summed E-state index contributed by atoms with van der Waals surface area (Å²) in [6.45, 7) is 2.08. The van der Waals surface area contributed by atoms with Gasteiger partial charge in [-0.25, -0.2) is 0 Å². The molecule has 1 unspecified atom stereocenters. The molecule has 2 N–H and O–H groups in total. The van der Waals surface area contributed by atoms with E-state index in [-0.39, 0.29) is 6.04 Å². The molecule has 106 valence electrons. The van der Waals surface area contributed by atoms with Crippen LogP contribution in [0.1, 0.15) is 22.7 Å². The smallest absolute Gasteiger partial charge is 0.0560 e. The standard InChI is InChI=1S/C18H15BrClN/c1-11-12(7-4-8-16(11)19)18(21)15-9-10-17(20)14-6-3-2-5-13(14)15/h2-10,18H,21H2,1H3. The Morgan fingerprint density at radius 3 is 2.38 bits per heavy atom. The topological polar surface area (TPSA) is 26.0 Å². The van der Waals surface area contributed by atoms with Crippen molar-refractivity contribution >= 4 is 38.3 Å². The van der Waals surface area contributed by atoms with Gasteiger partial charge in [-0.2, -0.15) is 0 Å². The lowest BCUT2D eigenvalue weighted by atomic mass is 9.92. The third-order valence-corrected chi connectivity index (χ3v) is 5.07. The van der Waals surface area contributed by atoms with Gasteiger partial charge in [0.1, 0.15) is 0 Å². The number of hydrogen-bond acceptors (Lipinski definition) is 1. The average molecular weight is 361 g/mol. The molecule has 1 atom stereocenters. The lowest BCUT2D eigenvalue weighted by Gasteiger charge is -2.18. The Morgan fingerprint density at radius 2 is 1.62 bits per heavy atom. The van der Waals surface area contributed by atoms with Gasteiger partial charge >= 0.3 is 0 Å². The zero-order valence-corrected chi connectivity index (χ0v) is 13.9. The third-order valence-electron chi connectivity index (χ3n) is 3.88. The summed E-state index contributed by atoms with van der Waals surface area (Å²) < 4.78 is 1.08. The summed E-state index contributed by atoms with van der Waals surface area (Å²) in [6, 6.07) is 18.0. The van der Waals surface area contributed by atoms with Crippen LogP contribution < -0.4 is 5.73 Å². The number of benzene rings is 3. The lowest BCUT2D eigenvalue weighted by Crippen LogP contribution is -2.14. The molecule has 0 amide bonds. The molecule has 0 aliphatic rings. The number of halogens is 2. The molecule has 0 saturated carbocycles. The molecule has 0 radical (unpaired) electrons. The summed E-state index contributed by atoms with van der Waals surface area (Å²) in [7, 11) is 0. The second-order valence-corrected chi connectivity index (χ2v) is 6.38. The van der Waals surface area contributed by atoms with Gasteiger partial charge in [0.05, 0.1) is 6.04 Å². The maximum atomic E-state index is 6.54. The van der Waals surface area contributed by atoms with E-state index in [1.165, 1.54) is 5.56 Å². The van der Waals surface area contributed by atoms with Crippen molar-refractivity contribution in [2.45, 2.75) is 13.0 Å². The molecule has 21 heavy (non-hydrogen) atoms. The fraction of sp³-hybridized carbons (Fsp3) is 0.111. The molecule has 0 heterocycles. The number of fused-ring (bicyclic) bond motifs is 1. The van der Waals surface area contributed by atoms with E-state index in [9.17, 15) is 0 Å². The Hall–Kier alpha value is -1.35. The summed E-state index contributed by atoms with van der Waals surface area (Å²) in [5, 5.41) is 2.91. The predicted octanol–water partition coefficient (Wildman–Crippen LogP) is 5.61. The Balaban J connectivity index is 2.21. The van der Waals surface area contributed by atoms with Gasteiger partial charge < -0.3 is 5.73 Å². The normalized spacial score (nSPS) is 12.6. The van der Waals surface area contributed by atoms with Crippen molar-refractivity contribution in [2.24, 2.45) is 5.73 Å². The van der Waals surface area contributed by atoms with Gasteiger partial charge in [0.2, 0.25) is 0 Å². The van der Waals surface area contributed by atoms with Crippen molar-refractivity contribution in [3.8, 4) is 0 Å². The predicted molar refractivity (Wildman–Crippen MR) is 93.9 cm³/mol. The lowest BCUT2D eigenvalue weighted by molar-refractivity contribution is 0.869. The van der Waals surface area contributed by atoms with Crippen molar-refractivity contribution in [2.75, 3.05) is 0 Å². The van der Waals surface area contributed by atoms with E-state index in [2.05, 4.69) is 35.0 Å². The molecule has 3 rings (SSSR count). The summed E-state index contributed by atoms with van der Waals surface area (Å²) in [4.78, 5) is 0. The summed E-state index contributed by atoms with van der Waals surface area (Å²) in [5.74, 6) is 0. The zero-order chi connectivity index (χ0) is 15.0. The summed E-state index contributed by atoms with van der Waals surface area (Å²) in [6.07, 6.45) is 0. The van der Waals surface area contributed by atoms with Crippen LogP contribution in [0.3, 0.4) is 0 Å². The second kappa shape index (κ2) is 5.80. The maximum Gasteiger partial charge on any atom is 0.0560 e. The zero-order valence-electron chi connectivity index (χ0n) is 11.6. The van der Waals surface area contributed by atoms with Crippen LogP contribution in [0.15, 0.2) is 59.1 Å². The van der Waals surface area contributed by atoms with E-state index in [0.717, 1.165) is 31.4 Å². The van der Waals surface area contributed by atoms with E-state index in [4.69, 9.17) is 17.3 Å². The van der Waals surface area contributed by atoms with Crippen molar-refractivity contribution in [3.05, 3.63) is 80.8 Å². The molecule has 0 aromatic heterocycles. The van der Waals surface area contributed by atoms with Gasteiger partial charge in [0.15, 0.2) is 0 Å². The van der Waals surface area contributed by atoms with Crippen LogP contribution in [0.5, 0.6) is 0 Å². The fourth-order valence-electron chi connectivity index (χ4n) is 2.69. The average Bonchev–Trinajstić information content (AvgIpc) is 2.50. The van der Waals surface area contributed by atoms with Crippen LogP contribution >= 0.6 is 27.5 Å². The highest BCUT2D eigenvalue weighted by Gasteiger charge is 2.16. The Labute approximate surface area is 137 Å². The van der Waals surface area contributed by atoms with Gasteiger partial charge in [-0.1, -0.05) is 70.0 Å². The molecule has 0 fully saturated rings. The molecule has 3 aromatic rings. The highest BCUT2D eigenvalue weighted by molar-refractivity contribution is 9.10. The van der Waals surface area contributed by atoms with Gasteiger partial charge in [-0.3, -0.25) is 0 Å². The molecule has 0 bridgehead atoms. The van der Waals surface area contributed by atoms with E-state index < -0.39 is 0 Å². The van der Waals surface area contributed by atoms with Crippen LogP contribution in [0.4, 0.5) is 0 Å². The fourth-order valence-corrected chi connectivity index (χ4v) is 3.29. The van der Waals surface area contributed by atoms with Gasteiger partial charge in [-0.05, 0) is 41.1 Å². The monoisotopic (exact) mass is 359 g/mol. The van der Waals surface area contributed by atoms with E-state index in [1.54, 1.807) is 0 Å². The van der Waals surface area contributed by atoms with E-state index in [0.29, 0.717) is 0 Å². The minimum Gasteiger partial charge on any atom is -0.320 e. The Bertz CT molecular complexity index is 813. The third kappa shape index (κ3) is 2.59. The Kier molecular flexibility index (Phi) is 4.03. The molecule has 3 heteroatoms. The minimum absolute atomic E-state index is 0.176. The molecule has 1 nitrogen and oxygen atoms in total. The molecule has 0 aliphatic heterocycles. The van der Waals surface area contributed by atoms with Crippen LogP contribution in [0.2, 0.25) is 5.02 Å². The maximum absolute atomic E-state index is 6.54. The Morgan fingerprint density at radius 1 is 0.905 bits per heavy atom. The van der Waals surface area contributed by atoms with Gasteiger partial charge in [-0.15, -0.1) is 0 Å². The molecular formula is C18H15BrClN. The van der Waals surface area contributed by atoms with Crippen molar-refractivity contribution in [1.82, 2.24) is 0 Å². The summed E-state index contributed by atoms with van der Waals surface area (Å²) >= 11 is 9.86. The molecular weight excluding hydrogens is 346 g/mol. The highest BCUT2D eigenvalue weighted by atomic mass is 79.9. The van der Waals surface area contributed by atoms with Gasteiger partial charge in [0, 0.05) is 14.9 Å². The summed E-state index contributed by atoms with van der Waals surface area (Å²) in [5.41, 5.74) is 9.92. The largest absolute Gasteiger partial charge is 0.320 e. The SMILES string of the molecule is Cc1c(Br)cccc1C(N)c1ccc(Cl)c2ccccc12. The first-order chi connectivity index (χ1) is 10.1. The first kappa shape index (κ1) is 14.6. The van der Waals surface area contributed by atoms with E-state index >= 15 is 0 Å². The van der Waals surface area contributed by atoms with Crippen molar-refractivity contribution < 1.29 is 0 Å². The number of hydrogen-bond donors (Lipinski definition) is 1. The van der Waals surface area contributed by atoms with E-state index in [1.807, 2.05) is 42.5 Å². The van der Waals surface area contributed by atoms with Crippen molar-refractivity contribution in [3.63, 3.8) is 0 Å². The van der Waals surface area contributed by atoms with Crippen LogP contribution in [0.25, 0.3) is 10.8 Å². The molecule has 3 aromatic carbocycles. The van der Waals surface area contributed by atoms with Crippen LogP contribution in [-0.2, 0) is 0 Å².